The molecule has 0 aliphatic carbocycles. The highest BCUT2D eigenvalue weighted by molar-refractivity contribution is 5.91. The number of methoxy groups -OCH3 is 1. The highest BCUT2D eigenvalue weighted by Gasteiger charge is 2.08. The van der Waals surface area contributed by atoms with Gasteiger partial charge in [0.15, 0.2) is 0 Å². The van der Waals surface area contributed by atoms with Crippen LogP contribution in [0.3, 0.4) is 0 Å². The Bertz CT molecular complexity index is 1210. The first-order valence-electron chi connectivity index (χ1n) is 9.60. The fraction of sp³-hybridized carbons (Fsp3) is 0.174. The average molecular weight is 400 g/mol. The molecule has 0 radical (unpaired) electrons. The number of H-pyrrole nitrogens is 1. The Morgan fingerprint density at radius 3 is 2.73 bits per heavy atom. The Hall–Kier alpha value is -3.71. The number of anilines is 1. The Balaban J connectivity index is 1.60. The fourth-order valence-corrected chi connectivity index (χ4v) is 3.37. The number of ether oxygens (including phenoxy) is 1. The molecule has 0 fully saturated rings. The number of nitrogens with one attached hydrogen (secondary N) is 1. The van der Waals surface area contributed by atoms with Crippen LogP contribution in [0.1, 0.15) is 16.8 Å². The molecule has 7 heteroatoms. The summed E-state index contributed by atoms with van der Waals surface area (Å²) in [6, 6.07) is 14.1. The number of aromatic amines is 1. The molecule has 152 valence electrons. The molecule has 0 spiro atoms. The van der Waals surface area contributed by atoms with E-state index in [9.17, 15) is 0 Å². The summed E-state index contributed by atoms with van der Waals surface area (Å²) in [4.78, 5) is 10.3. The highest BCUT2D eigenvalue weighted by Crippen LogP contribution is 2.26. The zero-order valence-electron chi connectivity index (χ0n) is 17.3. The van der Waals surface area contributed by atoms with E-state index in [1.807, 2.05) is 56.6 Å². The minimum atomic E-state index is 0.257. The van der Waals surface area contributed by atoms with Gasteiger partial charge in [0.05, 0.1) is 24.0 Å². The van der Waals surface area contributed by atoms with E-state index in [-0.39, 0.29) is 5.95 Å². The molecule has 2 aromatic heterocycles. The second kappa shape index (κ2) is 8.34. The molecule has 4 rings (SSSR count). The number of rotatable bonds is 6. The summed E-state index contributed by atoms with van der Waals surface area (Å²) in [5.41, 5.74) is 11.4. The lowest BCUT2D eigenvalue weighted by Crippen LogP contribution is -2.11. The number of aromatic nitrogens is 4. The smallest absolute Gasteiger partial charge is 0.220 e. The molecular weight excluding hydrogens is 376 g/mol. The van der Waals surface area contributed by atoms with Crippen molar-refractivity contribution in [2.45, 2.75) is 6.54 Å². The molecule has 0 unspecified atom stereocenters. The first-order chi connectivity index (χ1) is 14.5. The minimum Gasteiger partial charge on any atom is -0.496 e. The van der Waals surface area contributed by atoms with Gasteiger partial charge in [0.25, 0.3) is 0 Å². The third-order valence-electron chi connectivity index (χ3n) is 4.79. The lowest BCUT2D eigenvalue weighted by Gasteiger charge is -2.13. The highest BCUT2D eigenvalue weighted by atomic mass is 16.5. The molecule has 0 bridgehead atoms. The molecule has 30 heavy (non-hydrogen) atoms. The maximum Gasteiger partial charge on any atom is 0.220 e. The van der Waals surface area contributed by atoms with Crippen molar-refractivity contribution in [3.63, 3.8) is 0 Å². The number of nitrogen functional groups attached to an aromatic ring is 1. The molecule has 0 saturated heterocycles. The van der Waals surface area contributed by atoms with Gasteiger partial charge in [-0.3, -0.25) is 5.10 Å². The number of hydrogen-bond acceptors (Lipinski definition) is 6. The number of benzene rings is 2. The third kappa shape index (κ3) is 4.16. The maximum absolute atomic E-state index is 5.70. The molecular formula is C23H24N6O. The summed E-state index contributed by atoms with van der Waals surface area (Å²) in [5.74, 6) is 1.14. The van der Waals surface area contributed by atoms with Crippen molar-refractivity contribution in [3.8, 4) is 17.0 Å². The zero-order chi connectivity index (χ0) is 21.1. The topological polar surface area (TPSA) is 92.9 Å². The third-order valence-corrected chi connectivity index (χ3v) is 4.79. The zero-order valence-corrected chi connectivity index (χ0v) is 17.3. The molecule has 4 aromatic rings. The Morgan fingerprint density at radius 1 is 1.10 bits per heavy atom. The Kier molecular flexibility index (Phi) is 5.45. The van der Waals surface area contributed by atoms with Crippen molar-refractivity contribution in [1.29, 1.82) is 0 Å². The van der Waals surface area contributed by atoms with Crippen molar-refractivity contribution >= 4 is 29.0 Å². The van der Waals surface area contributed by atoms with Crippen LogP contribution < -0.4 is 10.5 Å². The lowest BCUT2D eigenvalue weighted by atomic mass is 10.1. The van der Waals surface area contributed by atoms with Crippen LogP contribution in [0.15, 0.2) is 48.7 Å². The van der Waals surface area contributed by atoms with E-state index in [4.69, 9.17) is 10.5 Å². The van der Waals surface area contributed by atoms with Crippen LogP contribution in [-0.4, -0.2) is 46.3 Å². The summed E-state index contributed by atoms with van der Waals surface area (Å²) in [6.45, 7) is 0.831. The molecule has 2 aromatic carbocycles. The van der Waals surface area contributed by atoms with E-state index in [1.54, 1.807) is 13.3 Å². The Morgan fingerprint density at radius 2 is 1.97 bits per heavy atom. The molecule has 0 aliphatic heterocycles. The van der Waals surface area contributed by atoms with Crippen LogP contribution in [0, 0.1) is 0 Å². The van der Waals surface area contributed by atoms with Gasteiger partial charge in [-0.2, -0.15) is 5.10 Å². The van der Waals surface area contributed by atoms with Gasteiger partial charge in [-0.1, -0.05) is 24.3 Å². The largest absolute Gasteiger partial charge is 0.496 e. The summed E-state index contributed by atoms with van der Waals surface area (Å²) < 4.78 is 5.56. The SMILES string of the molecule is COc1cc(/C=C/c2n[nH]c3cc(-c4ccnc(N)n4)ccc23)ccc1CN(C)C. The minimum absolute atomic E-state index is 0.257. The van der Waals surface area contributed by atoms with Crippen LogP contribution in [0.25, 0.3) is 34.3 Å². The monoisotopic (exact) mass is 400 g/mol. The van der Waals surface area contributed by atoms with Gasteiger partial charge in [0, 0.05) is 29.3 Å². The van der Waals surface area contributed by atoms with Crippen LogP contribution in [-0.2, 0) is 6.54 Å². The standard InChI is InChI=1S/C23H24N6O/c1-29(2)14-17-6-4-15(12-22(17)30-3)5-9-20-18-8-7-16(13-21(18)28-27-20)19-10-11-25-23(24)26-19/h4-13H,14H2,1-3H3,(H,27,28)(H2,24,25,26)/b9-5+. The predicted molar refractivity (Wildman–Crippen MR) is 121 cm³/mol. The summed E-state index contributed by atoms with van der Waals surface area (Å²) in [5, 5.41) is 8.59. The molecule has 7 nitrogen and oxygen atoms in total. The van der Waals surface area contributed by atoms with Gasteiger partial charge >= 0.3 is 0 Å². The number of nitrogens with zero attached hydrogens (tertiary/aromatic N) is 4. The molecule has 0 saturated carbocycles. The first kappa shape index (κ1) is 19.6. The number of fused-ring (bicyclic) bond motifs is 1. The van der Waals surface area contributed by atoms with Crippen molar-refractivity contribution in [2.75, 3.05) is 26.9 Å². The van der Waals surface area contributed by atoms with Crippen molar-refractivity contribution in [1.82, 2.24) is 25.1 Å². The fourth-order valence-electron chi connectivity index (χ4n) is 3.37. The van der Waals surface area contributed by atoms with E-state index in [0.29, 0.717) is 0 Å². The summed E-state index contributed by atoms with van der Waals surface area (Å²) in [7, 11) is 5.79. The van der Waals surface area contributed by atoms with Gasteiger partial charge in [0.1, 0.15) is 5.75 Å². The van der Waals surface area contributed by atoms with E-state index in [0.717, 1.165) is 51.3 Å². The summed E-state index contributed by atoms with van der Waals surface area (Å²) in [6.07, 6.45) is 5.69. The van der Waals surface area contributed by atoms with Crippen LogP contribution in [0.4, 0.5) is 5.95 Å². The van der Waals surface area contributed by atoms with Crippen LogP contribution in [0.2, 0.25) is 0 Å². The first-order valence-corrected chi connectivity index (χ1v) is 9.60. The summed E-state index contributed by atoms with van der Waals surface area (Å²) >= 11 is 0. The van der Waals surface area contributed by atoms with Crippen LogP contribution >= 0.6 is 0 Å². The normalized spacial score (nSPS) is 11.6. The molecule has 0 atom stereocenters. The molecule has 0 amide bonds. The molecule has 3 N–H and O–H groups in total. The van der Waals surface area contributed by atoms with Gasteiger partial charge in [-0.05, 0) is 50.0 Å². The van der Waals surface area contributed by atoms with E-state index in [1.165, 1.54) is 0 Å². The quantitative estimate of drug-likeness (QED) is 0.511. The van der Waals surface area contributed by atoms with Crippen LogP contribution in [0.5, 0.6) is 5.75 Å². The van der Waals surface area contributed by atoms with Gasteiger partial charge in [-0.15, -0.1) is 0 Å². The maximum atomic E-state index is 5.70. The van der Waals surface area contributed by atoms with Gasteiger partial charge < -0.3 is 15.4 Å². The second-order valence-electron chi connectivity index (χ2n) is 7.31. The molecule has 2 heterocycles. The number of nitrogens with two attached hydrogens (primary N) is 1. The van der Waals surface area contributed by atoms with E-state index < -0.39 is 0 Å². The second-order valence-corrected chi connectivity index (χ2v) is 7.31. The van der Waals surface area contributed by atoms with E-state index in [2.05, 4.69) is 37.2 Å². The van der Waals surface area contributed by atoms with Crippen molar-refractivity contribution in [2.24, 2.45) is 0 Å². The number of hydrogen-bond donors (Lipinski definition) is 2. The van der Waals surface area contributed by atoms with Gasteiger partial charge in [0.2, 0.25) is 5.95 Å². The lowest BCUT2D eigenvalue weighted by molar-refractivity contribution is 0.372. The van der Waals surface area contributed by atoms with Gasteiger partial charge in [-0.25, -0.2) is 9.97 Å². The van der Waals surface area contributed by atoms with Crippen molar-refractivity contribution in [3.05, 3.63) is 65.5 Å². The van der Waals surface area contributed by atoms with Crippen molar-refractivity contribution < 1.29 is 4.74 Å². The Labute approximate surface area is 175 Å². The predicted octanol–water partition coefficient (Wildman–Crippen LogP) is 3.84. The molecule has 0 aliphatic rings. The average Bonchev–Trinajstić information content (AvgIpc) is 3.15. The van der Waals surface area contributed by atoms with E-state index >= 15 is 0 Å².